The van der Waals surface area contributed by atoms with Crippen LogP contribution in [0, 0.1) is 0 Å². The van der Waals surface area contributed by atoms with Crippen LogP contribution in [0.1, 0.15) is 54.4 Å². The molecule has 0 bridgehead atoms. The molecule has 0 spiro atoms. The number of hydrogen-bond donors (Lipinski definition) is 2. The summed E-state index contributed by atoms with van der Waals surface area (Å²) in [5.41, 5.74) is -1.17. The number of alkyl carbamates (subject to hydrolysis) is 2. The SMILES string of the molecule is CC(C)(C)OC(=O)NCCC(=O)N1CCN(C(=O)CCNC(=O)OC(C)(C)C)CC1. The number of carbonyl (C=O) groups is 4. The molecule has 2 N–H and O–H groups in total. The molecule has 172 valence electrons. The zero-order valence-corrected chi connectivity index (χ0v) is 19.0. The predicted molar refractivity (Wildman–Crippen MR) is 111 cm³/mol. The van der Waals surface area contributed by atoms with Gasteiger partial charge in [0.05, 0.1) is 0 Å². The van der Waals surface area contributed by atoms with Crippen molar-refractivity contribution in [1.82, 2.24) is 20.4 Å². The second-order valence-electron chi connectivity index (χ2n) is 9.12. The van der Waals surface area contributed by atoms with Gasteiger partial charge in [0.2, 0.25) is 11.8 Å². The number of piperazine rings is 1. The van der Waals surface area contributed by atoms with Gasteiger partial charge in [-0.3, -0.25) is 9.59 Å². The summed E-state index contributed by atoms with van der Waals surface area (Å²) in [5, 5.41) is 5.13. The minimum Gasteiger partial charge on any atom is -0.444 e. The smallest absolute Gasteiger partial charge is 0.407 e. The van der Waals surface area contributed by atoms with Crippen LogP contribution in [-0.2, 0) is 19.1 Å². The standard InChI is InChI=1S/C20H36N4O6/c1-19(2,3)29-17(27)21-9-7-15(25)23-11-13-24(14-12-23)16(26)8-10-22-18(28)30-20(4,5)6/h7-14H2,1-6H3,(H,21,27)(H,22,28). The molecule has 0 aromatic carbocycles. The van der Waals surface area contributed by atoms with Gasteiger partial charge in [-0.25, -0.2) is 9.59 Å². The van der Waals surface area contributed by atoms with E-state index < -0.39 is 23.4 Å². The van der Waals surface area contributed by atoms with E-state index >= 15 is 0 Å². The van der Waals surface area contributed by atoms with Crippen molar-refractivity contribution in [2.45, 2.75) is 65.6 Å². The number of nitrogens with zero attached hydrogens (tertiary/aromatic N) is 2. The summed E-state index contributed by atoms with van der Waals surface area (Å²) >= 11 is 0. The number of nitrogens with one attached hydrogen (secondary N) is 2. The average Bonchev–Trinajstić information content (AvgIpc) is 2.58. The van der Waals surface area contributed by atoms with Crippen LogP contribution in [-0.4, -0.2) is 84.3 Å². The second-order valence-corrected chi connectivity index (χ2v) is 9.12. The van der Waals surface area contributed by atoms with Crippen molar-refractivity contribution in [1.29, 1.82) is 0 Å². The topological polar surface area (TPSA) is 117 Å². The lowest BCUT2D eigenvalue weighted by Crippen LogP contribution is -2.51. The zero-order valence-electron chi connectivity index (χ0n) is 19.0. The Balaban J connectivity index is 2.24. The lowest BCUT2D eigenvalue weighted by molar-refractivity contribution is -0.139. The first-order chi connectivity index (χ1) is 13.8. The van der Waals surface area contributed by atoms with Crippen LogP contribution in [0.4, 0.5) is 9.59 Å². The van der Waals surface area contributed by atoms with Gasteiger partial charge < -0.3 is 29.9 Å². The molecule has 0 aliphatic carbocycles. The fourth-order valence-corrected chi connectivity index (χ4v) is 2.69. The zero-order chi connectivity index (χ0) is 22.9. The highest BCUT2D eigenvalue weighted by Gasteiger charge is 2.24. The third-order valence-electron chi connectivity index (χ3n) is 4.00. The summed E-state index contributed by atoms with van der Waals surface area (Å²) in [4.78, 5) is 51.1. The van der Waals surface area contributed by atoms with Crippen molar-refractivity contribution in [3.05, 3.63) is 0 Å². The number of ether oxygens (including phenoxy) is 2. The van der Waals surface area contributed by atoms with Crippen LogP contribution in [0.3, 0.4) is 0 Å². The first kappa shape index (κ1) is 25.5. The molecular weight excluding hydrogens is 392 g/mol. The Morgan fingerprint density at radius 2 is 0.967 bits per heavy atom. The van der Waals surface area contributed by atoms with Crippen molar-refractivity contribution >= 4 is 24.0 Å². The summed E-state index contributed by atoms with van der Waals surface area (Å²) < 4.78 is 10.2. The molecule has 1 saturated heterocycles. The van der Waals surface area contributed by atoms with Gasteiger partial charge in [0.25, 0.3) is 0 Å². The van der Waals surface area contributed by atoms with Crippen LogP contribution in [0.25, 0.3) is 0 Å². The first-order valence-corrected chi connectivity index (χ1v) is 10.3. The third-order valence-corrected chi connectivity index (χ3v) is 4.00. The monoisotopic (exact) mass is 428 g/mol. The molecule has 0 radical (unpaired) electrons. The Bertz CT molecular complexity index is 562. The highest BCUT2D eigenvalue weighted by atomic mass is 16.6. The molecule has 0 aromatic heterocycles. The second kappa shape index (κ2) is 11.0. The van der Waals surface area contributed by atoms with Gasteiger partial charge in [0.1, 0.15) is 11.2 Å². The Labute approximate surface area is 178 Å². The molecule has 30 heavy (non-hydrogen) atoms. The lowest BCUT2D eigenvalue weighted by Gasteiger charge is -2.35. The molecule has 1 heterocycles. The molecular formula is C20H36N4O6. The van der Waals surface area contributed by atoms with Crippen molar-refractivity contribution in [2.75, 3.05) is 39.3 Å². The van der Waals surface area contributed by atoms with E-state index in [2.05, 4.69) is 10.6 Å². The van der Waals surface area contributed by atoms with Crippen LogP contribution in [0.5, 0.6) is 0 Å². The van der Waals surface area contributed by atoms with E-state index in [4.69, 9.17) is 9.47 Å². The van der Waals surface area contributed by atoms with E-state index in [1.807, 2.05) is 0 Å². The highest BCUT2D eigenvalue weighted by molar-refractivity contribution is 5.79. The molecule has 0 saturated carbocycles. The maximum absolute atomic E-state index is 12.3. The van der Waals surface area contributed by atoms with E-state index in [0.717, 1.165) is 0 Å². The molecule has 0 atom stereocenters. The molecule has 10 nitrogen and oxygen atoms in total. The maximum Gasteiger partial charge on any atom is 0.407 e. The Kier molecular flexibility index (Phi) is 9.38. The van der Waals surface area contributed by atoms with Crippen LogP contribution < -0.4 is 10.6 Å². The minimum atomic E-state index is -0.584. The fraction of sp³-hybridized carbons (Fsp3) is 0.800. The van der Waals surface area contributed by atoms with Crippen LogP contribution >= 0.6 is 0 Å². The van der Waals surface area contributed by atoms with Crippen molar-refractivity contribution in [2.24, 2.45) is 0 Å². The number of carbonyl (C=O) groups excluding carboxylic acids is 4. The summed E-state index contributed by atoms with van der Waals surface area (Å²) in [6, 6.07) is 0. The van der Waals surface area contributed by atoms with Gasteiger partial charge in [-0.15, -0.1) is 0 Å². The van der Waals surface area contributed by atoms with Gasteiger partial charge in [-0.05, 0) is 41.5 Å². The van der Waals surface area contributed by atoms with Gasteiger partial charge in [0, 0.05) is 52.1 Å². The van der Waals surface area contributed by atoms with E-state index in [1.54, 1.807) is 51.3 Å². The lowest BCUT2D eigenvalue weighted by atomic mass is 10.2. The highest BCUT2D eigenvalue weighted by Crippen LogP contribution is 2.08. The number of hydrogen-bond acceptors (Lipinski definition) is 6. The minimum absolute atomic E-state index is 0.0789. The van der Waals surface area contributed by atoms with E-state index in [0.29, 0.717) is 26.2 Å². The summed E-state index contributed by atoms with van der Waals surface area (Å²) in [5.74, 6) is -0.158. The number of amides is 4. The van der Waals surface area contributed by atoms with Crippen molar-refractivity contribution in [3.8, 4) is 0 Å². The van der Waals surface area contributed by atoms with Crippen molar-refractivity contribution in [3.63, 3.8) is 0 Å². The average molecular weight is 429 g/mol. The quantitative estimate of drug-likeness (QED) is 0.662. The Hall–Kier alpha value is -2.52. The van der Waals surface area contributed by atoms with Gasteiger partial charge in [-0.2, -0.15) is 0 Å². The third kappa shape index (κ3) is 10.9. The molecule has 1 fully saturated rings. The largest absolute Gasteiger partial charge is 0.444 e. The Morgan fingerprint density at radius 1 is 0.667 bits per heavy atom. The summed E-state index contributed by atoms with van der Waals surface area (Å²) in [7, 11) is 0. The van der Waals surface area contributed by atoms with Gasteiger partial charge in [-0.1, -0.05) is 0 Å². The summed E-state index contributed by atoms with van der Waals surface area (Å²) in [6.45, 7) is 12.8. The van der Waals surface area contributed by atoms with Crippen molar-refractivity contribution < 1.29 is 28.7 Å². The molecule has 10 heteroatoms. The van der Waals surface area contributed by atoms with Gasteiger partial charge >= 0.3 is 12.2 Å². The molecule has 0 unspecified atom stereocenters. The normalized spacial score (nSPS) is 14.7. The molecule has 1 aliphatic rings. The van der Waals surface area contributed by atoms with E-state index in [-0.39, 0.29) is 37.7 Å². The number of rotatable bonds is 6. The molecule has 4 amide bonds. The Morgan fingerprint density at radius 3 is 1.23 bits per heavy atom. The first-order valence-electron chi connectivity index (χ1n) is 10.3. The van der Waals surface area contributed by atoms with Crippen LogP contribution in [0.15, 0.2) is 0 Å². The molecule has 0 aromatic rings. The van der Waals surface area contributed by atoms with Gasteiger partial charge in [0.15, 0.2) is 0 Å². The fourth-order valence-electron chi connectivity index (χ4n) is 2.69. The predicted octanol–water partition coefficient (Wildman–Crippen LogP) is 1.49. The van der Waals surface area contributed by atoms with E-state index in [9.17, 15) is 19.2 Å². The summed E-state index contributed by atoms with van der Waals surface area (Å²) in [6.07, 6.45) is -0.753. The maximum atomic E-state index is 12.3. The van der Waals surface area contributed by atoms with E-state index in [1.165, 1.54) is 0 Å². The molecule has 1 rings (SSSR count). The van der Waals surface area contributed by atoms with Crippen LogP contribution in [0.2, 0.25) is 0 Å². The molecule has 1 aliphatic heterocycles.